The maximum atomic E-state index is 13.3. The smallest absolute Gasteiger partial charge is 0.272 e. The summed E-state index contributed by atoms with van der Waals surface area (Å²) in [6.45, 7) is 1.43. The van der Waals surface area contributed by atoms with Gasteiger partial charge in [-0.15, -0.1) is 11.8 Å². The van der Waals surface area contributed by atoms with Crippen molar-refractivity contribution < 1.29 is 23.9 Å². The Bertz CT molecular complexity index is 1620. The van der Waals surface area contributed by atoms with Gasteiger partial charge < -0.3 is 26.0 Å². The lowest BCUT2D eigenvalue weighted by atomic mass is 10.1. The third kappa shape index (κ3) is 9.34. The van der Waals surface area contributed by atoms with Crippen molar-refractivity contribution in [2.24, 2.45) is 0 Å². The van der Waals surface area contributed by atoms with Crippen molar-refractivity contribution in [2.45, 2.75) is 11.8 Å². The number of thioether (sulfide) groups is 1. The minimum Gasteiger partial charge on any atom is -0.496 e. The highest BCUT2D eigenvalue weighted by atomic mass is 32.2. The van der Waals surface area contributed by atoms with Crippen LogP contribution in [-0.4, -0.2) is 36.5 Å². The van der Waals surface area contributed by atoms with Crippen LogP contribution in [0, 0.1) is 0 Å². The number of para-hydroxylation sites is 1. The normalized spacial score (nSPS) is 10.8. The van der Waals surface area contributed by atoms with Gasteiger partial charge in [0.15, 0.2) is 0 Å². The van der Waals surface area contributed by atoms with Gasteiger partial charge >= 0.3 is 0 Å². The molecular weight excluding hydrogens is 564 g/mol. The van der Waals surface area contributed by atoms with E-state index in [4.69, 9.17) is 4.74 Å². The third-order valence-corrected chi connectivity index (χ3v) is 6.95. The van der Waals surface area contributed by atoms with Crippen molar-refractivity contribution >= 4 is 58.5 Å². The van der Waals surface area contributed by atoms with Crippen LogP contribution in [0.15, 0.2) is 114 Å². The molecule has 43 heavy (non-hydrogen) atoms. The molecule has 218 valence electrons. The van der Waals surface area contributed by atoms with E-state index in [2.05, 4.69) is 21.3 Å². The van der Waals surface area contributed by atoms with Crippen molar-refractivity contribution in [3.05, 3.63) is 120 Å². The molecule has 10 heteroatoms. The summed E-state index contributed by atoms with van der Waals surface area (Å²) in [6.07, 6.45) is 1.56. The first-order chi connectivity index (χ1) is 20.8. The maximum absolute atomic E-state index is 13.3. The van der Waals surface area contributed by atoms with Crippen LogP contribution >= 0.6 is 11.8 Å². The van der Waals surface area contributed by atoms with Crippen molar-refractivity contribution in [1.29, 1.82) is 0 Å². The van der Waals surface area contributed by atoms with Crippen LogP contribution in [0.5, 0.6) is 5.75 Å². The quantitative estimate of drug-likeness (QED) is 0.129. The molecule has 0 spiro atoms. The number of carbonyl (C=O) groups excluding carboxylic acids is 4. The SMILES string of the molecule is COc1ccccc1/C=C(\NC(=O)c1ccccc1)C(=O)Nc1ccc(SCC(=O)Nc2ccc(NC(C)=O)cc2)cc1. The molecule has 0 radical (unpaired) electrons. The van der Waals surface area contributed by atoms with Gasteiger partial charge in [0.2, 0.25) is 11.8 Å². The van der Waals surface area contributed by atoms with Crippen LogP contribution in [0.2, 0.25) is 0 Å². The Morgan fingerprint density at radius 3 is 1.95 bits per heavy atom. The summed E-state index contributed by atoms with van der Waals surface area (Å²) in [4.78, 5) is 50.6. The number of hydrogen-bond donors (Lipinski definition) is 4. The highest BCUT2D eigenvalue weighted by molar-refractivity contribution is 8.00. The lowest BCUT2D eigenvalue weighted by molar-refractivity contribution is -0.114. The summed E-state index contributed by atoms with van der Waals surface area (Å²) < 4.78 is 5.40. The van der Waals surface area contributed by atoms with Gasteiger partial charge in [0, 0.05) is 40.0 Å². The molecule has 0 aliphatic heterocycles. The predicted octanol–water partition coefficient (Wildman–Crippen LogP) is 5.79. The second kappa shape index (κ2) is 15.0. The zero-order chi connectivity index (χ0) is 30.6. The average molecular weight is 595 g/mol. The van der Waals surface area contributed by atoms with E-state index in [1.807, 2.05) is 12.1 Å². The number of hydrogen-bond acceptors (Lipinski definition) is 6. The fourth-order valence-electron chi connectivity index (χ4n) is 3.90. The topological polar surface area (TPSA) is 126 Å². The molecule has 0 saturated heterocycles. The molecule has 4 amide bonds. The summed E-state index contributed by atoms with van der Waals surface area (Å²) in [7, 11) is 1.53. The molecular formula is C33H30N4O5S. The third-order valence-electron chi connectivity index (χ3n) is 5.94. The molecule has 4 aromatic rings. The number of methoxy groups -OCH3 is 1. The van der Waals surface area contributed by atoms with E-state index >= 15 is 0 Å². The van der Waals surface area contributed by atoms with Crippen molar-refractivity contribution in [3.8, 4) is 5.75 Å². The number of anilines is 3. The van der Waals surface area contributed by atoms with Gasteiger partial charge in [0.1, 0.15) is 11.4 Å². The Labute approximate surface area is 253 Å². The van der Waals surface area contributed by atoms with Gasteiger partial charge in [0.25, 0.3) is 11.8 Å². The standard InChI is InChI=1S/C33H30N4O5S/c1-22(38)34-25-12-14-26(15-13-25)35-31(39)21-43-28-18-16-27(17-19-28)36-33(41)29(20-24-10-6-7-11-30(24)42-2)37-32(40)23-8-4-3-5-9-23/h3-20H,21H2,1-2H3,(H,34,38)(H,35,39)(H,36,41)(H,37,40)/b29-20-. The van der Waals surface area contributed by atoms with Gasteiger partial charge in [-0.2, -0.15) is 0 Å². The molecule has 0 saturated carbocycles. The maximum Gasteiger partial charge on any atom is 0.272 e. The first-order valence-electron chi connectivity index (χ1n) is 13.2. The van der Waals surface area contributed by atoms with Crippen molar-refractivity contribution in [1.82, 2.24) is 5.32 Å². The van der Waals surface area contributed by atoms with Crippen molar-refractivity contribution in [2.75, 3.05) is 28.8 Å². The number of nitrogens with one attached hydrogen (secondary N) is 4. The van der Waals surface area contributed by atoms with E-state index in [-0.39, 0.29) is 23.3 Å². The number of carbonyl (C=O) groups is 4. The molecule has 4 rings (SSSR count). The Morgan fingerprint density at radius 2 is 1.30 bits per heavy atom. The minimum absolute atomic E-state index is 0.0404. The summed E-state index contributed by atoms with van der Waals surface area (Å²) in [5.74, 6) is -0.566. The first-order valence-corrected chi connectivity index (χ1v) is 14.2. The minimum atomic E-state index is -0.514. The predicted molar refractivity (Wildman–Crippen MR) is 170 cm³/mol. The van der Waals surface area contributed by atoms with Gasteiger partial charge in [-0.3, -0.25) is 19.2 Å². The van der Waals surface area contributed by atoms with Gasteiger partial charge in [-0.1, -0.05) is 36.4 Å². The number of rotatable bonds is 11. The summed E-state index contributed by atoms with van der Waals surface area (Å²) in [6, 6.07) is 29.7. The second-order valence-electron chi connectivity index (χ2n) is 9.19. The van der Waals surface area contributed by atoms with Crippen LogP contribution in [0.4, 0.5) is 17.1 Å². The lowest BCUT2D eigenvalue weighted by Crippen LogP contribution is -2.30. The average Bonchev–Trinajstić information content (AvgIpc) is 3.01. The second-order valence-corrected chi connectivity index (χ2v) is 10.2. The van der Waals surface area contributed by atoms with Crippen LogP contribution in [0.3, 0.4) is 0 Å². The van der Waals surface area contributed by atoms with Crippen LogP contribution in [0.25, 0.3) is 6.08 Å². The molecule has 0 aliphatic carbocycles. The monoisotopic (exact) mass is 594 g/mol. The summed E-state index contributed by atoms with van der Waals surface area (Å²) >= 11 is 1.34. The van der Waals surface area contributed by atoms with E-state index < -0.39 is 11.8 Å². The van der Waals surface area contributed by atoms with E-state index in [0.29, 0.717) is 33.9 Å². The van der Waals surface area contributed by atoms with Gasteiger partial charge in [-0.05, 0) is 72.8 Å². The van der Waals surface area contributed by atoms with Gasteiger partial charge in [-0.25, -0.2) is 0 Å². The summed E-state index contributed by atoms with van der Waals surface area (Å²) in [5, 5.41) is 11.0. The van der Waals surface area contributed by atoms with Crippen LogP contribution in [0.1, 0.15) is 22.8 Å². The molecule has 0 unspecified atom stereocenters. The molecule has 4 aromatic carbocycles. The molecule has 0 heterocycles. The van der Waals surface area contributed by atoms with E-state index in [9.17, 15) is 19.2 Å². The Balaban J connectivity index is 1.38. The summed E-state index contributed by atoms with van der Waals surface area (Å²) in [5.41, 5.74) is 2.85. The van der Waals surface area contributed by atoms with Crippen LogP contribution in [-0.2, 0) is 14.4 Å². The zero-order valence-electron chi connectivity index (χ0n) is 23.5. The molecule has 4 N–H and O–H groups in total. The largest absolute Gasteiger partial charge is 0.496 e. The van der Waals surface area contributed by atoms with E-state index in [1.54, 1.807) is 97.1 Å². The molecule has 9 nitrogen and oxygen atoms in total. The highest BCUT2D eigenvalue weighted by Crippen LogP contribution is 2.23. The molecule has 0 aromatic heterocycles. The van der Waals surface area contributed by atoms with Crippen molar-refractivity contribution in [3.63, 3.8) is 0 Å². The van der Waals surface area contributed by atoms with Gasteiger partial charge in [0.05, 0.1) is 12.9 Å². The number of benzene rings is 4. The Hall–Kier alpha value is -5.35. The molecule has 0 aliphatic rings. The number of amides is 4. The number of ether oxygens (including phenoxy) is 1. The lowest BCUT2D eigenvalue weighted by Gasteiger charge is -2.13. The molecule has 0 atom stereocenters. The zero-order valence-corrected chi connectivity index (χ0v) is 24.4. The van der Waals surface area contributed by atoms with Crippen LogP contribution < -0.4 is 26.0 Å². The fourth-order valence-corrected chi connectivity index (χ4v) is 4.60. The Kier molecular flexibility index (Phi) is 10.7. The van der Waals surface area contributed by atoms with E-state index in [0.717, 1.165) is 4.90 Å². The molecule has 0 bridgehead atoms. The van der Waals surface area contributed by atoms with E-state index in [1.165, 1.54) is 25.8 Å². The fraction of sp³-hybridized carbons (Fsp3) is 0.0909. The highest BCUT2D eigenvalue weighted by Gasteiger charge is 2.16. The Morgan fingerprint density at radius 1 is 0.721 bits per heavy atom. The molecule has 0 fully saturated rings. The first kappa shape index (κ1) is 30.6.